The Hall–Kier alpha value is -2.35. The summed E-state index contributed by atoms with van der Waals surface area (Å²) in [5, 5.41) is 8.47. The van der Waals surface area contributed by atoms with E-state index in [4.69, 9.17) is 4.52 Å². The number of hydrogen-bond donors (Lipinski definition) is 2. The summed E-state index contributed by atoms with van der Waals surface area (Å²) < 4.78 is 18.1. The molecule has 1 aromatic carbocycles. The number of carbonyl (C=O) groups is 2. The van der Waals surface area contributed by atoms with E-state index in [1.54, 1.807) is 32.9 Å². The zero-order chi connectivity index (χ0) is 17.7. The van der Waals surface area contributed by atoms with Crippen molar-refractivity contribution in [2.45, 2.75) is 26.0 Å². The molecule has 0 fully saturated rings. The Bertz CT molecular complexity index is 748. The summed E-state index contributed by atoms with van der Waals surface area (Å²) in [6, 6.07) is 5.79. The molecule has 0 spiro atoms. The molecule has 2 rings (SSSR count). The Labute approximate surface area is 143 Å². The van der Waals surface area contributed by atoms with Crippen LogP contribution in [0.25, 0.3) is 0 Å². The quantitative estimate of drug-likeness (QED) is 0.835. The van der Waals surface area contributed by atoms with Crippen LogP contribution < -0.4 is 10.6 Å². The number of aryl methyl sites for hydroxylation is 2. The number of halogens is 1. The average Bonchev–Trinajstić information content (AvgIpc) is 2.93. The summed E-state index contributed by atoms with van der Waals surface area (Å²) in [6.45, 7) is 5.19. The molecule has 0 aliphatic rings. The maximum Gasteiger partial charge on any atom is 0.238 e. The zero-order valence-corrected chi connectivity index (χ0v) is 14.4. The van der Waals surface area contributed by atoms with Crippen LogP contribution in [-0.2, 0) is 9.59 Å². The number of thioether (sulfide) groups is 1. The summed E-state index contributed by atoms with van der Waals surface area (Å²) in [7, 11) is 0. The largest absolute Gasteiger partial charge is 0.360 e. The molecule has 0 aliphatic carbocycles. The highest BCUT2D eigenvalue weighted by Crippen LogP contribution is 2.18. The number of rotatable bonds is 6. The van der Waals surface area contributed by atoms with Crippen molar-refractivity contribution in [1.29, 1.82) is 0 Å². The molecule has 8 heteroatoms. The second-order valence-electron chi connectivity index (χ2n) is 5.27. The summed E-state index contributed by atoms with van der Waals surface area (Å²) >= 11 is 1.17. The first-order valence-corrected chi connectivity index (χ1v) is 8.32. The van der Waals surface area contributed by atoms with E-state index in [9.17, 15) is 14.0 Å². The van der Waals surface area contributed by atoms with Gasteiger partial charge < -0.3 is 15.2 Å². The molecule has 1 atom stereocenters. The van der Waals surface area contributed by atoms with Gasteiger partial charge in [-0.1, -0.05) is 11.2 Å². The van der Waals surface area contributed by atoms with E-state index in [-0.39, 0.29) is 17.6 Å². The molecule has 2 aromatic rings. The van der Waals surface area contributed by atoms with E-state index < -0.39 is 11.1 Å². The zero-order valence-electron chi connectivity index (χ0n) is 13.6. The van der Waals surface area contributed by atoms with E-state index in [1.165, 1.54) is 23.9 Å². The van der Waals surface area contributed by atoms with Crippen LogP contribution in [0.2, 0.25) is 0 Å². The fourth-order valence-electron chi connectivity index (χ4n) is 1.84. The molecule has 0 radical (unpaired) electrons. The first-order valence-electron chi connectivity index (χ1n) is 7.27. The van der Waals surface area contributed by atoms with Crippen LogP contribution in [0.4, 0.5) is 15.9 Å². The molecule has 24 heavy (non-hydrogen) atoms. The summed E-state index contributed by atoms with van der Waals surface area (Å²) in [6.07, 6.45) is 0. The van der Waals surface area contributed by atoms with Gasteiger partial charge in [-0.15, -0.1) is 11.8 Å². The van der Waals surface area contributed by atoms with E-state index in [2.05, 4.69) is 15.8 Å². The Morgan fingerprint density at radius 3 is 2.71 bits per heavy atom. The number of carbonyl (C=O) groups excluding carboxylic acids is 2. The minimum absolute atomic E-state index is 0.0718. The predicted molar refractivity (Wildman–Crippen MR) is 91.6 cm³/mol. The number of amides is 2. The molecule has 0 bridgehead atoms. The molecular formula is C16H18FN3O3S. The van der Waals surface area contributed by atoms with Crippen LogP contribution >= 0.6 is 11.8 Å². The summed E-state index contributed by atoms with van der Waals surface area (Å²) in [5.74, 6) is 0.00987. The van der Waals surface area contributed by atoms with Crippen molar-refractivity contribution < 1.29 is 18.5 Å². The molecule has 1 aromatic heterocycles. The molecule has 2 amide bonds. The van der Waals surface area contributed by atoms with Gasteiger partial charge in [0.25, 0.3) is 0 Å². The Morgan fingerprint density at radius 1 is 1.29 bits per heavy atom. The van der Waals surface area contributed by atoms with Crippen LogP contribution in [0.5, 0.6) is 0 Å². The van der Waals surface area contributed by atoms with Crippen LogP contribution in [0, 0.1) is 19.7 Å². The highest BCUT2D eigenvalue weighted by molar-refractivity contribution is 8.01. The lowest BCUT2D eigenvalue weighted by Crippen LogP contribution is -2.25. The standard InChI is InChI=1S/C16H18FN3O3S/c1-9-4-5-12(17)7-13(9)18-15(21)8-24-11(3)16(22)19-14-6-10(2)23-20-14/h4-7,11H,8H2,1-3H3,(H,18,21)(H,19,20,22)/t11-/m0/s1. The summed E-state index contributed by atoms with van der Waals surface area (Å²) in [5.41, 5.74) is 1.19. The third-order valence-electron chi connectivity index (χ3n) is 3.19. The second-order valence-corrected chi connectivity index (χ2v) is 6.60. The van der Waals surface area contributed by atoms with Crippen molar-refractivity contribution in [3.8, 4) is 0 Å². The van der Waals surface area contributed by atoms with E-state index in [0.29, 0.717) is 17.3 Å². The molecule has 0 aliphatic heterocycles. The van der Waals surface area contributed by atoms with Gasteiger partial charge in [0.2, 0.25) is 11.8 Å². The smallest absolute Gasteiger partial charge is 0.238 e. The minimum Gasteiger partial charge on any atom is -0.360 e. The van der Waals surface area contributed by atoms with E-state index in [1.807, 2.05) is 0 Å². The third kappa shape index (κ3) is 5.09. The van der Waals surface area contributed by atoms with E-state index >= 15 is 0 Å². The fourth-order valence-corrected chi connectivity index (χ4v) is 2.53. The molecule has 0 saturated heterocycles. The monoisotopic (exact) mass is 351 g/mol. The van der Waals surface area contributed by atoms with Crippen molar-refractivity contribution >= 4 is 35.1 Å². The molecule has 6 nitrogen and oxygen atoms in total. The average molecular weight is 351 g/mol. The topological polar surface area (TPSA) is 84.2 Å². The highest BCUT2D eigenvalue weighted by Gasteiger charge is 2.17. The van der Waals surface area contributed by atoms with Gasteiger partial charge in [0.1, 0.15) is 11.6 Å². The number of benzene rings is 1. The van der Waals surface area contributed by atoms with Gasteiger partial charge in [0, 0.05) is 11.8 Å². The van der Waals surface area contributed by atoms with E-state index in [0.717, 1.165) is 5.56 Å². The van der Waals surface area contributed by atoms with Gasteiger partial charge in [-0.05, 0) is 38.5 Å². The molecule has 0 saturated carbocycles. The lowest BCUT2D eigenvalue weighted by atomic mass is 10.2. The molecule has 1 heterocycles. The SMILES string of the molecule is Cc1cc(NC(=O)[C@H](C)SCC(=O)Nc2cc(F)ccc2C)no1. The number of aromatic nitrogens is 1. The maximum absolute atomic E-state index is 13.2. The predicted octanol–water partition coefficient (Wildman–Crippen LogP) is 3.13. The second kappa shape index (κ2) is 7.96. The number of nitrogens with zero attached hydrogens (tertiary/aromatic N) is 1. The minimum atomic E-state index is -0.457. The van der Waals surface area contributed by atoms with Gasteiger partial charge in [-0.25, -0.2) is 4.39 Å². The summed E-state index contributed by atoms with van der Waals surface area (Å²) in [4.78, 5) is 23.9. The fraction of sp³-hybridized carbons (Fsp3) is 0.312. The van der Waals surface area contributed by atoms with Gasteiger partial charge in [-0.2, -0.15) is 0 Å². The van der Waals surface area contributed by atoms with Crippen molar-refractivity contribution in [2.75, 3.05) is 16.4 Å². The third-order valence-corrected chi connectivity index (χ3v) is 4.33. The molecule has 2 N–H and O–H groups in total. The van der Waals surface area contributed by atoms with Crippen LogP contribution in [0.3, 0.4) is 0 Å². The van der Waals surface area contributed by atoms with Crippen molar-refractivity contribution in [1.82, 2.24) is 5.16 Å². The first-order chi connectivity index (χ1) is 11.3. The Morgan fingerprint density at radius 2 is 2.04 bits per heavy atom. The van der Waals surface area contributed by atoms with Crippen molar-refractivity contribution in [3.05, 3.63) is 41.4 Å². The normalized spacial score (nSPS) is 11.8. The van der Waals surface area contributed by atoms with Crippen LogP contribution in [0.1, 0.15) is 18.2 Å². The number of nitrogens with one attached hydrogen (secondary N) is 2. The van der Waals surface area contributed by atoms with Gasteiger partial charge in [0.15, 0.2) is 5.82 Å². The van der Waals surface area contributed by atoms with Gasteiger partial charge in [-0.3, -0.25) is 9.59 Å². The number of hydrogen-bond acceptors (Lipinski definition) is 5. The molecule has 0 unspecified atom stereocenters. The molecule has 128 valence electrons. The number of anilines is 2. The van der Waals surface area contributed by atoms with Crippen molar-refractivity contribution in [2.24, 2.45) is 0 Å². The van der Waals surface area contributed by atoms with Crippen molar-refractivity contribution in [3.63, 3.8) is 0 Å². The molecular weight excluding hydrogens is 333 g/mol. The van der Waals surface area contributed by atoms with Crippen LogP contribution in [-0.4, -0.2) is 28.0 Å². The van der Waals surface area contributed by atoms with Gasteiger partial charge >= 0.3 is 0 Å². The Balaban J connectivity index is 1.82. The lowest BCUT2D eigenvalue weighted by Gasteiger charge is -2.11. The van der Waals surface area contributed by atoms with Crippen LogP contribution in [0.15, 0.2) is 28.8 Å². The Kier molecular flexibility index (Phi) is 5.97. The van der Waals surface area contributed by atoms with Gasteiger partial charge in [0.05, 0.1) is 11.0 Å². The maximum atomic E-state index is 13.2. The lowest BCUT2D eigenvalue weighted by molar-refractivity contribution is -0.115. The highest BCUT2D eigenvalue weighted by atomic mass is 32.2. The first kappa shape index (κ1) is 18.0.